The molecule has 1 heterocycles. The summed E-state index contributed by atoms with van der Waals surface area (Å²) in [5, 5.41) is 19.3. The van der Waals surface area contributed by atoms with Crippen molar-refractivity contribution in [2.75, 3.05) is 0 Å². The summed E-state index contributed by atoms with van der Waals surface area (Å²) in [4.78, 5) is 37.3. The Labute approximate surface area is 138 Å². The van der Waals surface area contributed by atoms with Gasteiger partial charge in [0.25, 0.3) is 11.8 Å². The van der Waals surface area contributed by atoms with Crippen LogP contribution in [-0.2, 0) is 11.2 Å². The minimum atomic E-state index is -1.87. The van der Waals surface area contributed by atoms with E-state index in [9.17, 15) is 24.6 Å². The number of amides is 2. The summed E-state index contributed by atoms with van der Waals surface area (Å²) in [6.07, 6.45) is -1.81. The summed E-state index contributed by atoms with van der Waals surface area (Å²) < 4.78 is 0. The largest absolute Gasteiger partial charge is 0.479 e. The van der Waals surface area contributed by atoms with Gasteiger partial charge in [-0.3, -0.25) is 14.5 Å². The average molecular weight is 325 g/mol. The van der Waals surface area contributed by atoms with Crippen LogP contribution in [0.3, 0.4) is 0 Å². The van der Waals surface area contributed by atoms with Crippen LogP contribution in [0, 0.1) is 0 Å². The molecule has 6 heteroatoms. The third-order valence-electron chi connectivity index (χ3n) is 4.06. The first kappa shape index (κ1) is 15.9. The van der Waals surface area contributed by atoms with Crippen LogP contribution in [-0.4, -0.2) is 45.0 Å². The van der Waals surface area contributed by atoms with E-state index in [0.29, 0.717) is 0 Å². The number of carbonyl (C=O) groups is 3. The lowest BCUT2D eigenvalue weighted by molar-refractivity contribution is -0.149. The highest BCUT2D eigenvalue weighted by Crippen LogP contribution is 2.27. The zero-order valence-corrected chi connectivity index (χ0v) is 12.6. The van der Waals surface area contributed by atoms with Crippen LogP contribution in [0.15, 0.2) is 54.6 Å². The van der Waals surface area contributed by atoms with Gasteiger partial charge in [-0.2, -0.15) is 0 Å². The van der Waals surface area contributed by atoms with E-state index in [-0.39, 0.29) is 17.5 Å². The molecular weight excluding hydrogens is 310 g/mol. The lowest BCUT2D eigenvalue weighted by Gasteiger charge is -2.28. The van der Waals surface area contributed by atoms with Gasteiger partial charge in [-0.15, -0.1) is 0 Å². The smallest absolute Gasteiger partial charge is 0.334 e. The Kier molecular flexibility index (Phi) is 4.14. The molecule has 0 aromatic heterocycles. The van der Waals surface area contributed by atoms with E-state index in [1.54, 1.807) is 42.5 Å². The van der Waals surface area contributed by atoms with Crippen molar-refractivity contribution in [1.29, 1.82) is 0 Å². The summed E-state index contributed by atoms with van der Waals surface area (Å²) >= 11 is 0. The molecule has 1 aliphatic heterocycles. The SMILES string of the molecule is O=C(O)[C@@H](O)[C@H](Cc1ccccc1)N1C(=O)c2ccccc2C1=O. The first-order chi connectivity index (χ1) is 11.5. The van der Waals surface area contributed by atoms with Crippen LogP contribution < -0.4 is 0 Å². The molecule has 2 aromatic rings. The number of carboxylic acids is 1. The van der Waals surface area contributed by atoms with Crippen LogP contribution in [0.1, 0.15) is 26.3 Å². The summed E-state index contributed by atoms with van der Waals surface area (Å²) in [6, 6.07) is 13.9. The fraction of sp³-hybridized carbons (Fsp3) is 0.167. The molecule has 0 fully saturated rings. The van der Waals surface area contributed by atoms with Gasteiger partial charge in [0, 0.05) is 0 Å². The molecule has 0 bridgehead atoms. The van der Waals surface area contributed by atoms with E-state index in [1.165, 1.54) is 12.1 Å². The maximum atomic E-state index is 12.6. The molecule has 2 N–H and O–H groups in total. The minimum absolute atomic E-state index is 0.0553. The van der Waals surface area contributed by atoms with E-state index in [1.807, 2.05) is 0 Å². The summed E-state index contributed by atoms with van der Waals surface area (Å²) in [5.74, 6) is -2.65. The molecule has 6 nitrogen and oxygen atoms in total. The Bertz CT molecular complexity index is 767. The Morgan fingerprint density at radius 1 is 0.917 bits per heavy atom. The topological polar surface area (TPSA) is 94.9 Å². The minimum Gasteiger partial charge on any atom is -0.479 e. The van der Waals surface area contributed by atoms with Crippen LogP contribution in [0.5, 0.6) is 0 Å². The molecule has 0 aliphatic carbocycles. The Morgan fingerprint density at radius 3 is 1.92 bits per heavy atom. The van der Waals surface area contributed by atoms with Gasteiger partial charge < -0.3 is 10.2 Å². The number of aliphatic carboxylic acids is 1. The Balaban J connectivity index is 1.99. The van der Waals surface area contributed by atoms with Gasteiger partial charge >= 0.3 is 5.97 Å². The number of benzene rings is 2. The van der Waals surface area contributed by atoms with Crippen molar-refractivity contribution in [1.82, 2.24) is 4.90 Å². The molecule has 3 rings (SSSR count). The van der Waals surface area contributed by atoms with Crippen LogP contribution in [0.25, 0.3) is 0 Å². The number of hydrogen-bond donors (Lipinski definition) is 2. The number of rotatable bonds is 5. The van der Waals surface area contributed by atoms with Crippen LogP contribution in [0.4, 0.5) is 0 Å². The number of carboxylic acid groups (broad SMARTS) is 1. The molecule has 2 amide bonds. The number of aliphatic hydroxyl groups is 1. The Hall–Kier alpha value is -2.99. The highest BCUT2D eigenvalue weighted by Gasteiger charge is 2.44. The summed E-state index contributed by atoms with van der Waals surface area (Å²) in [6.45, 7) is 0. The van der Waals surface area contributed by atoms with Crippen molar-refractivity contribution in [2.45, 2.75) is 18.6 Å². The second kappa shape index (κ2) is 6.25. The molecule has 0 saturated heterocycles. The second-order valence-corrected chi connectivity index (χ2v) is 5.57. The van der Waals surface area contributed by atoms with Crippen molar-refractivity contribution in [3.8, 4) is 0 Å². The second-order valence-electron chi connectivity index (χ2n) is 5.57. The zero-order chi connectivity index (χ0) is 17.3. The van der Waals surface area contributed by atoms with E-state index >= 15 is 0 Å². The zero-order valence-electron chi connectivity index (χ0n) is 12.6. The van der Waals surface area contributed by atoms with Crippen LogP contribution in [0.2, 0.25) is 0 Å². The number of imide groups is 1. The highest BCUT2D eigenvalue weighted by molar-refractivity contribution is 6.21. The fourth-order valence-electron chi connectivity index (χ4n) is 2.87. The van der Waals surface area contributed by atoms with Crippen molar-refractivity contribution in [3.63, 3.8) is 0 Å². The van der Waals surface area contributed by atoms with E-state index < -0.39 is 29.9 Å². The van der Waals surface area contributed by atoms with Gasteiger partial charge in [-0.25, -0.2) is 4.79 Å². The quantitative estimate of drug-likeness (QED) is 0.809. The molecule has 2 aromatic carbocycles. The molecule has 122 valence electrons. The number of fused-ring (bicyclic) bond motifs is 1. The Morgan fingerprint density at radius 2 is 1.42 bits per heavy atom. The van der Waals surface area contributed by atoms with Gasteiger partial charge in [0.2, 0.25) is 0 Å². The van der Waals surface area contributed by atoms with Crippen molar-refractivity contribution in [2.24, 2.45) is 0 Å². The maximum Gasteiger partial charge on any atom is 0.334 e. The first-order valence-corrected chi connectivity index (χ1v) is 7.42. The molecular formula is C18H15NO5. The predicted octanol–water partition coefficient (Wildman–Crippen LogP) is 1.34. The molecule has 0 unspecified atom stereocenters. The van der Waals surface area contributed by atoms with Gasteiger partial charge in [0.05, 0.1) is 17.2 Å². The van der Waals surface area contributed by atoms with E-state index in [0.717, 1.165) is 10.5 Å². The molecule has 2 atom stereocenters. The number of nitrogens with zero attached hydrogens (tertiary/aromatic N) is 1. The van der Waals surface area contributed by atoms with Crippen LogP contribution >= 0.6 is 0 Å². The monoisotopic (exact) mass is 325 g/mol. The highest BCUT2D eigenvalue weighted by atomic mass is 16.4. The van der Waals surface area contributed by atoms with Crippen molar-refractivity contribution < 1.29 is 24.6 Å². The van der Waals surface area contributed by atoms with E-state index in [4.69, 9.17) is 0 Å². The van der Waals surface area contributed by atoms with Crippen molar-refractivity contribution >= 4 is 17.8 Å². The van der Waals surface area contributed by atoms with Gasteiger partial charge in [-0.05, 0) is 24.1 Å². The average Bonchev–Trinajstić information content (AvgIpc) is 2.85. The first-order valence-electron chi connectivity index (χ1n) is 7.42. The van der Waals surface area contributed by atoms with Crippen molar-refractivity contribution in [3.05, 3.63) is 71.3 Å². The maximum absolute atomic E-state index is 12.6. The summed E-state index contributed by atoms with van der Waals surface area (Å²) in [5.41, 5.74) is 1.16. The number of carbonyl (C=O) groups excluding carboxylic acids is 2. The predicted molar refractivity (Wildman–Crippen MR) is 84.5 cm³/mol. The lowest BCUT2D eigenvalue weighted by atomic mass is 9.99. The molecule has 0 radical (unpaired) electrons. The molecule has 0 saturated carbocycles. The molecule has 1 aliphatic rings. The van der Waals surface area contributed by atoms with Gasteiger partial charge in [0.1, 0.15) is 0 Å². The number of aliphatic hydroxyl groups excluding tert-OH is 1. The number of hydrogen-bond acceptors (Lipinski definition) is 4. The van der Waals surface area contributed by atoms with E-state index in [2.05, 4.69) is 0 Å². The molecule has 0 spiro atoms. The third-order valence-corrected chi connectivity index (χ3v) is 4.06. The standard InChI is InChI=1S/C18H15NO5/c20-15(18(23)24)14(10-11-6-2-1-3-7-11)19-16(21)12-8-4-5-9-13(12)17(19)22/h1-9,14-15,20H,10H2,(H,23,24)/t14-,15-/m0/s1. The van der Waals surface area contributed by atoms with Gasteiger partial charge in [0.15, 0.2) is 6.10 Å². The summed E-state index contributed by atoms with van der Waals surface area (Å²) in [7, 11) is 0. The van der Waals surface area contributed by atoms with Gasteiger partial charge in [-0.1, -0.05) is 42.5 Å². The fourth-order valence-corrected chi connectivity index (χ4v) is 2.87. The normalized spacial score (nSPS) is 16.0. The molecule has 24 heavy (non-hydrogen) atoms. The third kappa shape index (κ3) is 2.68. The lowest BCUT2D eigenvalue weighted by Crippen LogP contribution is -2.51.